The zero-order chi connectivity index (χ0) is 67.0. The minimum absolute atomic E-state index is 0.294. The predicted molar refractivity (Wildman–Crippen MR) is 416 cm³/mol. The molecule has 18 rings (SSSR count). The number of thiophene rings is 2. The third-order valence-electron chi connectivity index (χ3n) is 19.1. The van der Waals surface area contributed by atoms with Crippen molar-refractivity contribution in [1.82, 2.24) is 0 Å². The second-order valence-electron chi connectivity index (χ2n) is 24.8. The molecule has 16 aromatic carbocycles. The lowest BCUT2D eigenvalue weighted by molar-refractivity contribution is 0.627. The summed E-state index contributed by atoms with van der Waals surface area (Å²) in [5.74, 6) is -0.616. The van der Waals surface area contributed by atoms with Gasteiger partial charge in [-0.2, -0.15) is 10.5 Å². The van der Waals surface area contributed by atoms with Crippen molar-refractivity contribution in [3.8, 4) is 23.3 Å². The van der Waals surface area contributed by atoms with E-state index in [-0.39, 0.29) is 11.6 Å². The minimum Gasteiger partial charge on any atom is -0.310 e. The molecule has 0 spiro atoms. The van der Waals surface area contributed by atoms with Gasteiger partial charge in [-0.25, -0.2) is 8.78 Å². The Kier molecular flexibility index (Phi) is 14.6. The van der Waals surface area contributed by atoms with E-state index in [1.54, 1.807) is 22.7 Å². The first kappa shape index (κ1) is 59.5. The highest BCUT2D eigenvalue weighted by molar-refractivity contribution is 7.27. The topological polar surface area (TPSA) is 60.5 Å². The van der Waals surface area contributed by atoms with Gasteiger partial charge >= 0.3 is 0 Å². The van der Waals surface area contributed by atoms with E-state index in [1.807, 2.05) is 97.1 Å². The van der Waals surface area contributed by atoms with E-state index < -0.39 is 0 Å². The zero-order valence-electron chi connectivity index (χ0n) is 53.4. The van der Waals surface area contributed by atoms with Gasteiger partial charge in [0.05, 0.1) is 46.0 Å². The lowest BCUT2D eigenvalue weighted by Gasteiger charge is -2.28. The van der Waals surface area contributed by atoms with E-state index in [2.05, 4.69) is 238 Å². The van der Waals surface area contributed by atoms with Gasteiger partial charge in [-0.3, -0.25) is 0 Å². The number of rotatable bonds is 13. The van der Waals surface area contributed by atoms with Gasteiger partial charge in [-0.05, 0) is 192 Å². The summed E-state index contributed by atoms with van der Waals surface area (Å²) in [6.07, 6.45) is 0. The Bertz CT molecular complexity index is 6320. The number of anilines is 12. The highest BCUT2D eigenvalue weighted by atomic mass is 32.1. The molecule has 6 nitrogen and oxygen atoms in total. The third-order valence-corrected chi connectivity index (χ3v) is 21.5. The highest BCUT2D eigenvalue weighted by Crippen LogP contribution is 2.54. The van der Waals surface area contributed by atoms with Crippen molar-refractivity contribution < 1.29 is 8.78 Å². The number of hydrogen-bond acceptors (Lipinski definition) is 8. The summed E-state index contributed by atoms with van der Waals surface area (Å²) in [4.78, 5) is 9.07. The molecule has 10 heteroatoms. The van der Waals surface area contributed by atoms with Gasteiger partial charge in [0, 0.05) is 118 Å². The van der Waals surface area contributed by atoms with Crippen LogP contribution in [-0.4, -0.2) is 0 Å². The minimum atomic E-state index is -0.322. The maximum Gasteiger partial charge on any atom is 0.123 e. The number of nitriles is 2. The molecule has 0 N–H and O–H groups in total. The van der Waals surface area contributed by atoms with Gasteiger partial charge < -0.3 is 19.6 Å². The van der Waals surface area contributed by atoms with Crippen LogP contribution < -0.4 is 19.6 Å². The molecule has 0 unspecified atom stereocenters. The van der Waals surface area contributed by atoms with E-state index in [0.717, 1.165) is 158 Å². The molecular weight excluding hydrogens is 1270 g/mol. The van der Waals surface area contributed by atoms with E-state index in [0.29, 0.717) is 11.1 Å². The fourth-order valence-electron chi connectivity index (χ4n) is 14.6. The lowest BCUT2D eigenvalue weighted by atomic mass is 9.97. The van der Waals surface area contributed by atoms with Gasteiger partial charge in [0.2, 0.25) is 0 Å². The Balaban J connectivity index is 0.772. The molecule has 0 fully saturated rings. The molecule has 0 radical (unpaired) electrons. The largest absolute Gasteiger partial charge is 0.310 e. The molecule has 0 saturated heterocycles. The maximum atomic E-state index is 15.1. The van der Waals surface area contributed by atoms with Gasteiger partial charge in [0.15, 0.2) is 0 Å². The van der Waals surface area contributed by atoms with Crippen molar-refractivity contribution in [1.29, 1.82) is 10.5 Å². The second-order valence-corrected chi connectivity index (χ2v) is 27.0. The molecule has 0 aliphatic carbocycles. The van der Waals surface area contributed by atoms with E-state index in [1.165, 1.54) is 29.0 Å². The van der Waals surface area contributed by atoms with Gasteiger partial charge in [0.25, 0.3) is 0 Å². The molecule has 0 atom stereocenters. The average molecular weight is 1320 g/mol. The fraction of sp³-hybridized carbons (Fsp3) is 0. The average Bonchev–Trinajstić information content (AvgIpc) is 1.54. The first-order valence-electron chi connectivity index (χ1n) is 32.9. The molecule has 470 valence electrons. The Morgan fingerprint density at radius 3 is 0.930 bits per heavy atom. The molecule has 2 heterocycles. The van der Waals surface area contributed by atoms with Crippen LogP contribution in [0.4, 0.5) is 77.0 Å². The summed E-state index contributed by atoms with van der Waals surface area (Å²) in [6.45, 7) is 0. The zero-order valence-corrected chi connectivity index (χ0v) is 55.1. The summed E-state index contributed by atoms with van der Waals surface area (Å²) in [5, 5.41) is 33.2. The summed E-state index contributed by atoms with van der Waals surface area (Å²) in [6, 6.07) is 115. The lowest BCUT2D eigenvalue weighted by Crippen LogP contribution is -2.11. The quantitative estimate of drug-likeness (QED) is 0.115. The molecule has 0 amide bonds. The van der Waals surface area contributed by atoms with Crippen molar-refractivity contribution in [2.45, 2.75) is 0 Å². The Hall–Kier alpha value is -13.0. The standard InChI is InChI=1S/C90H54F2N6S2/c91-61-36-46-68(47-37-61)96(64-19-5-2-6-20-64)83-53-85-87(75-26-11-7-22-71(75)83)80-52-82(74-25-10-14-29-78(74)90(80)99-85)97(69-48-38-62(92)39-49-69)67-44-34-59(35-45-67)60-16-15-21-70(50-60)98(66-42-32-58(56-94)33-43-66)84-54-86-88(76-27-12-8-23-72(76)84)79-51-81(73-24-9-13-28-77(73)89(79)100-86)95(63-17-3-1-4-18-63)65-40-30-57(55-93)31-41-65/h1-54H. The predicted octanol–water partition coefficient (Wildman–Crippen LogP) is 26.6. The fourth-order valence-corrected chi connectivity index (χ4v) is 17.2. The van der Waals surface area contributed by atoms with Crippen molar-refractivity contribution >= 4 is 174 Å². The Labute approximate surface area is 583 Å². The van der Waals surface area contributed by atoms with Crippen LogP contribution in [-0.2, 0) is 0 Å². The third kappa shape index (κ3) is 10.2. The number of halogens is 2. The van der Waals surface area contributed by atoms with Gasteiger partial charge in [-0.15, -0.1) is 22.7 Å². The number of benzene rings is 16. The number of fused-ring (bicyclic) bond motifs is 14. The SMILES string of the molecule is N#Cc1ccc(N(c2ccccc2)c2cc3c(sc4cc(N(c5ccc(C#N)cc5)c5cccc(-c6ccc(N(c7ccc(F)cc7)c7cc8c(sc9cc(N(c%10ccccc%10)c%10ccc(F)cc%10)c%10ccccc%10c98)c8ccccc78)cc6)c5)c5ccccc5c43)c3ccccc23)cc1. The first-order valence-corrected chi connectivity index (χ1v) is 34.6. The van der Waals surface area contributed by atoms with Crippen LogP contribution in [0.5, 0.6) is 0 Å². The molecular formula is C90H54F2N6S2. The van der Waals surface area contributed by atoms with Crippen LogP contribution in [0.2, 0.25) is 0 Å². The number of para-hydroxylation sites is 2. The van der Waals surface area contributed by atoms with E-state index >= 15 is 4.39 Å². The molecule has 0 aliphatic heterocycles. The van der Waals surface area contributed by atoms with Crippen LogP contribution in [0.3, 0.4) is 0 Å². The van der Waals surface area contributed by atoms with Crippen molar-refractivity contribution in [2.24, 2.45) is 0 Å². The monoisotopic (exact) mass is 1320 g/mol. The van der Waals surface area contributed by atoms with Gasteiger partial charge in [-0.1, -0.05) is 158 Å². The van der Waals surface area contributed by atoms with Crippen LogP contribution >= 0.6 is 22.7 Å². The Morgan fingerprint density at radius 1 is 0.240 bits per heavy atom. The molecule has 2 aromatic heterocycles. The Morgan fingerprint density at radius 2 is 0.540 bits per heavy atom. The van der Waals surface area contributed by atoms with Crippen LogP contribution in [0.15, 0.2) is 328 Å². The number of nitrogens with zero attached hydrogens (tertiary/aromatic N) is 6. The first-order chi connectivity index (χ1) is 49.3. The normalized spacial score (nSPS) is 11.5. The molecule has 0 aliphatic rings. The van der Waals surface area contributed by atoms with Crippen LogP contribution in [0.1, 0.15) is 11.1 Å². The van der Waals surface area contributed by atoms with Gasteiger partial charge in [0.1, 0.15) is 11.6 Å². The molecule has 18 aromatic rings. The molecule has 100 heavy (non-hydrogen) atoms. The summed E-state index contributed by atoms with van der Waals surface area (Å²) in [5.41, 5.74) is 14.4. The highest BCUT2D eigenvalue weighted by Gasteiger charge is 2.27. The van der Waals surface area contributed by atoms with Crippen LogP contribution in [0, 0.1) is 34.3 Å². The summed E-state index contributed by atoms with van der Waals surface area (Å²) >= 11 is 3.57. The molecule has 0 bridgehead atoms. The summed E-state index contributed by atoms with van der Waals surface area (Å²) in [7, 11) is 0. The number of hydrogen-bond donors (Lipinski definition) is 0. The van der Waals surface area contributed by atoms with E-state index in [9.17, 15) is 14.9 Å². The van der Waals surface area contributed by atoms with Crippen molar-refractivity contribution in [3.05, 3.63) is 350 Å². The summed E-state index contributed by atoms with van der Waals surface area (Å²) < 4.78 is 34.3. The van der Waals surface area contributed by atoms with E-state index in [4.69, 9.17) is 0 Å². The maximum absolute atomic E-state index is 15.1. The van der Waals surface area contributed by atoms with Crippen molar-refractivity contribution in [3.63, 3.8) is 0 Å². The second kappa shape index (κ2) is 24.6. The van der Waals surface area contributed by atoms with Crippen molar-refractivity contribution in [2.75, 3.05) is 19.6 Å². The smallest absolute Gasteiger partial charge is 0.123 e. The van der Waals surface area contributed by atoms with Crippen LogP contribution in [0.25, 0.3) is 94.6 Å². The molecule has 0 saturated carbocycles.